The molecule has 2 fully saturated rings. The zero-order valence-corrected chi connectivity index (χ0v) is 14.6. The lowest BCUT2D eigenvalue weighted by Gasteiger charge is -2.33. The van der Waals surface area contributed by atoms with Gasteiger partial charge in [-0.1, -0.05) is 20.8 Å². The quantitative estimate of drug-likeness (QED) is 0.910. The van der Waals surface area contributed by atoms with Gasteiger partial charge >= 0.3 is 0 Å². The smallest absolute Gasteiger partial charge is 0.0924 e. The van der Waals surface area contributed by atoms with Gasteiger partial charge in [0, 0.05) is 24.2 Å². The Labute approximate surface area is 138 Å². The Balaban J connectivity index is 1.58. The highest BCUT2D eigenvalue weighted by molar-refractivity contribution is 5.70. The van der Waals surface area contributed by atoms with E-state index in [0.717, 1.165) is 11.6 Å². The summed E-state index contributed by atoms with van der Waals surface area (Å²) in [6.07, 6.45) is 7.36. The summed E-state index contributed by atoms with van der Waals surface area (Å²) in [7, 11) is 2.14. The molecular formula is C19H26N4. The number of nitrogens with zero attached hydrogens (tertiary/aromatic N) is 3. The number of hydrazine groups is 1. The largest absolute Gasteiger partial charge is 0.325 e. The van der Waals surface area contributed by atoms with Crippen molar-refractivity contribution < 1.29 is 0 Å². The summed E-state index contributed by atoms with van der Waals surface area (Å²) in [4.78, 5) is 0. The predicted molar refractivity (Wildman–Crippen MR) is 90.5 cm³/mol. The Morgan fingerprint density at radius 1 is 1.17 bits per heavy atom. The third kappa shape index (κ3) is 1.60. The van der Waals surface area contributed by atoms with Crippen molar-refractivity contribution in [3.05, 3.63) is 29.2 Å². The van der Waals surface area contributed by atoms with Gasteiger partial charge in [-0.3, -0.25) is 0 Å². The molecule has 1 aliphatic heterocycles. The van der Waals surface area contributed by atoms with Gasteiger partial charge in [-0.2, -0.15) is 10.2 Å². The summed E-state index contributed by atoms with van der Waals surface area (Å²) in [5, 5.41) is 11.7. The molecule has 4 nitrogen and oxygen atoms in total. The van der Waals surface area contributed by atoms with Crippen molar-refractivity contribution in [2.75, 3.05) is 7.05 Å². The van der Waals surface area contributed by atoms with E-state index in [1.165, 1.54) is 42.5 Å². The van der Waals surface area contributed by atoms with E-state index in [9.17, 15) is 0 Å². The van der Waals surface area contributed by atoms with Crippen LogP contribution in [-0.2, 0) is 5.41 Å². The first-order chi connectivity index (χ1) is 10.9. The standard InChI is InChI=1S/C19H26N4/c1-18(2)14-7-8-19(18,3)17-12(14)9-15(21-22-17)13-10-20-23(4)16(13)11-5-6-11/h9-11,14,16,20H,5-8H2,1-4H3/t14-,16?,19+/m0/s1. The van der Waals surface area contributed by atoms with Crippen LogP contribution >= 0.6 is 0 Å². The maximum Gasteiger partial charge on any atom is 0.0924 e. The summed E-state index contributed by atoms with van der Waals surface area (Å²) in [6.45, 7) is 7.23. The van der Waals surface area contributed by atoms with Crippen molar-refractivity contribution in [3.63, 3.8) is 0 Å². The molecule has 2 bridgehead atoms. The number of hydrogen-bond donors (Lipinski definition) is 1. The first-order valence-electron chi connectivity index (χ1n) is 9.01. The van der Waals surface area contributed by atoms with Crippen LogP contribution in [0.15, 0.2) is 12.3 Å². The van der Waals surface area contributed by atoms with E-state index in [4.69, 9.17) is 5.10 Å². The van der Waals surface area contributed by atoms with Crippen molar-refractivity contribution in [1.29, 1.82) is 0 Å². The number of fused-ring (bicyclic) bond motifs is 5. The molecule has 5 rings (SSSR count). The van der Waals surface area contributed by atoms with Crippen LogP contribution < -0.4 is 5.43 Å². The van der Waals surface area contributed by atoms with E-state index < -0.39 is 0 Å². The SMILES string of the molecule is CN1NC=C(c2cc3c(nn2)[C@@]2(C)CC[C@@H]3C2(C)C)C1C1CC1. The van der Waals surface area contributed by atoms with Gasteiger partial charge in [0.05, 0.1) is 17.4 Å². The van der Waals surface area contributed by atoms with Crippen molar-refractivity contribution in [1.82, 2.24) is 20.6 Å². The summed E-state index contributed by atoms with van der Waals surface area (Å²) >= 11 is 0. The number of rotatable bonds is 2. The molecule has 3 aliphatic carbocycles. The Morgan fingerprint density at radius 3 is 2.70 bits per heavy atom. The molecule has 0 saturated heterocycles. The average Bonchev–Trinajstić information content (AvgIpc) is 3.20. The molecule has 0 amide bonds. The van der Waals surface area contributed by atoms with Gasteiger partial charge in [0.1, 0.15) is 0 Å². The van der Waals surface area contributed by atoms with Crippen LogP contribution in [0.3, 0.4) is 0 Å². The zero-order valence-electron chi connectivity index (χ0n) is 14.6. The molecule has 23 heavy (non-hydrogen) atoms. The molecule has 4 heteroatoms. The zero-order chi connectivity index (χ0) is 16.0. The highest BCUT2D eigenvalue weighted by Crippen LogP contribution is 2.67. The van der Waals surface area contributed by atoms with Crippen LogP contribution in [0.1, 0.15) is 69.3 Å². The number of hydrogen-bond acceptors (Lipinski definition) is 4. The number of likely N-dealkylation sites (N-methyl/N-ethyl adjacent to an activating group) is 1. The van der Waals surface area contributed by atoms with Crippen molar-refractivity contribution in [2.45, 2.75) is 63.8 Å². The Morgan fingerprint density at radius 2 is 1.96 bits per heavy atom. The minimum absolute atomic E-state index is 0.202. The minimum atomic E-state index is 0.202. The molecule has 122 valence electrons. The van der Waals surface area contributed by atoms with Crippen molar-refractivity contribution in [2.24, 2.45) is 11.3 Å². The lowest BCUT2D eigenvalue weighted by Crippen LogP contribution is -2.36. The maximum absolute atomic E-state index is 4.76. The van der Waals surface area contributed by atoms with E-state index >= 15 is 0 Å². The van der Waals surface area contributed by atoms with Gasteiger partial charge in [-0.05, 0) is 54.6 Å². The Hall–Kier alpha value is -1.42. The van der Waals surface area contributed by atoms with Crippen LogP contribution in [0.4, 0.5) is 0 Å². The van der Waals surface area contributed by atoms with E-state index in [2.05, 4.69) is 55.6 Å². The van der Waals surface area contributed by atoms with E-state index in [-0.39, 0.29) is 5.41 Å². The van der Waals surface area contributed by atoms with Crippen LogP contribution in [0, 0.1) is 11.3 Å². The lowest BCUT2D eigenvalue weighted by molar-refractivity contribution is 0.226. The van der Waals surface area contributed by atoms with Gasteiger partial charge in [0.2, 0.25) is 0 Å². The first kappa shape index (κ1) is 14.0. The van der Waals surface area contributed by atoms with Crippen molar-refractivity contribution >= 4 is 5.57 Å². The molecule has 1 N–H and O–H groups in total. The normalized spacial score (nSPS) is 37.7. The predicted octanol–water partition coefficient (Wildman–Crippen LogP) is 3.22. The molecule has 4 aliphatic rings. The third-order valence-electron chi connectivity index (χ3n) is 7.47. The molecule has 0 spiro atoms. The molecule has 0 aromatic carbocycles. The van der Waals surface area contributed by atoms with Crippen LogP contribution in [-0.4, -0.2) is 28.3 Å². The maximum atomic E-state index is 4.76. The van der Waals surface area contributed by atoms with E-state index in [0.29, 0.717) is 17.4 Å². The molecule has 1 unspecified atom stereocenters. The van der Waals surface area contributed by atoms with Gasteiger partial charge in [-0.15, -0.1) is 0 Å². The summed E-state index contributed by atoms with van der Waals surface area (Å²) < 4.78 is 0. The van der Waals surface area contributed by atoms with Crippen LogP contribution in [0.2, 0.25) is 0 Å². The minimum Gasteiger partial charge on any atom is -0.325 e. The highest BCUT2D eigenvalue weighted by Gasteiger charge is 2.60. The topological polar surface area (TPSA) is 41.0 Å². The second-order valence-corrected chi connectivity index (χ2v) is 8.80. The van der Waals surface area contributed by atoms with Crippen LogP contribution in [0.25, 0.3) is 5.57 Å². The summed E-state index contributed by atoms with van der Waals surface area (Å²) in [6, 6.07) is 2.82. The van der Waals surface area contributed by atoms with E-state index in [1.54, 1.807) is 0 Å². The molecule has 2 heterocycles. The fourth-order valence-electron chi connectivity index (χ4n) is 5.46. The molecular weight excluding hydrogens is 284 g/mol. The van der Waals surface area contributed by atoms with Gasteiger partial charge in [0.25, 0.3) is 0 Å². The fraction of sp³-hybridized carbons (Fsp3) is 0.684. The molecule has 2 saturated carbocycles. The average molecular weight is 310 g/mol. The fourth-order valence-corrected chi connectivity index (χ4v) is 5.46. The summed E-state index contributed by atoms with van der Waals surface area (Å²) in [5.74, 6) is 1.42. The number of aromatic nitrogens is 2. The van der Waals surface area contributed by atoms with Crippen LogP contribution in [0.5, 0.6) is 0 Å². The lowest BCUT2D eigenvalue weighted by atomic mass is 9.70. The molecule has 0 radical (unpaired) electrons. The second-order valence-electron chi connectivity index (χ2n) is 8.80. The Bertz CT molecular complexity index is 718. The van der Waals surface area contributed by atoms with Gasteiger partial charge in [0.15, 0.2) is 0 Å². The molecule has 3 atom stereocenters. The van der Waals surface area contributed by atoms with Gasteiger partial charge in [-0.25, -0.2) is 5.01 Å². The first-order valence-corrected chi connectivity index (χ1v) is 9.01. The Kier molecular flexibility index (Phi) is 2.52. The van der Waals surface area contributed by atoms with E-state index in [1.807, 2.05) is 0 Å². The van der Waals surface area contributed by atoms with Gasteiger partial charge < -0.3 is 5.43 Å². The number of nitrogens with one attached hydrogen (secondary N) is 1. The molecule has 1 aromatic heterocycles. The molecule has 1 aromatic rings. The monoisotopic (exact) mass is 310 g/mol. The van der Waals surface area contributed by atoms with Crippen molar-refractivity contribution in [3.8, 4) is 0 Å². The third-order valence-corrected chi connectivity index (χ3v) is 7.47. The second kappa shape index (κ2) is 4.15. The highest BCUT2D eigenvalue weighted by atomic mass is 15.5. The summed E-state index contributed by atoms with van der Waals surface area (Å²) in [5.41, 5.74) is 9.03.